The van der Waals surface area contributed by atoms with Crippen molar-refractivity contribution in [2.45, 2.75) is 33.1 Å². The van der Waals surface area contributed by atoms with Crippen molar-refractivity contribution in [2.75, 3.05) is 33.4 Å². The molecule has 0 spiro atoms. The average Bonchev–Trinajstić information content (AvgIpc) is 2.74. The first-order chi connectivity index (χ1) is 11.0. The molecule has 1 atom stereocenters. The Labute approximate surface area is 136 Å². The van der Waals surface area contributed by atoms with Crippen molar-refractivity contribution in [3.05, 3.63) is 17.3 Å². The third-order valence-corrected chi connectivity index (χ3v) is 4.10. The number of aromatic nitrogens is 1. The number of ether oxygens (including phenoxy) is 1. The summed E-state index contributed by atoms with van der Waals surface area (Å²) in [5.74, 6) is 0.927. The van der Waals surface area contributed by atoms with Crippen LogP contribution < -0.4 is 5.32 Å². The number of carbonyl (C=O) groups is 2. The Kier molecular flexibility index (Phi) is 6.15. The molecule has 0 radical (unpaired) electrons. The van der Waals surface area contributed by atoms with Gasteiger partial charge in [0.1, 0.15) is 5.76 Å². The Morgan fingerprint density at radius 2 is 2.13 bits per heavy atom. The van der Waals surface area contributed by atoms with E-state index in [2.05, 4.69) is 10.3 Å². The SMILES string of the molecule is COCCNC(=O)C1CCCN(C(=O)c2nc(C)oc2C)CC1. The van der Waals surface area contributed by atoms with Crippen LogP contribution in [0.15, 0.2) is 4.42 Å². The van der Waals surface area contributed by atoms with Crippen LogP contribution in [-0.4, -0.2) is 55.0 Å². The molecule has 1 N–H and O–H groups in total. The van der Waals surface area contributed by atoms with E-state index in [0.717, 1.165) is 12.8 Å². The van der Waals surface area contributed by atoms with Crippen LogP contribution in [-0.2, 0) is 9.53 Å². The normalized spacial score (nSPS) is 18.6. The molecule has 0 aromatic carbocycles. The maximum absolute atomic E-state index is 12.6. The van der Waals surface area contributed by atoms with Gasteiger partial charge in [-0.15, -0.1) is 0 Å². The Morgan fingerprint density at radius 1 is 1.35 bits per heavy atom. The molecule has 0 bridgehead atoms. The van der Waals surface area contributed by atoms with E-state index < -0.39 is 0 Å². The van der Waals surface area contributed by atoms with Crippen molar-refractivity contribution in [2.24, 2.45) is 5.92 Å². The Bertz CT molecular complexity index is 556. The van der Waals surface area contributed by atoms with Crippen LogP contribution in [0.3, 0.4) is 0 Å². The van der Waals surface area contributed by atoms with E-state index in [-0.39, 0.29) is 17.7 Å². The highest BCUT2D eigenvalue weighted by Gasteiger charge is 2.27. The summed E-state index contributed by atoms with van der Waals surface area (Å²) in [5, 5.41) is 2.87. The molecule has 1 aliphatic rings. The Balaban J connectivity index is 1.92. The van der Waals surface area contributed by atoms with E-state index >= 15 is 0 Å². The predicted molar refractivity (Wildman–Crippen MR) is 84.1 cm³/mol. The van der Waals surface area contributed by atoms with Crippen LogP contribution in [0.1, 0.15) is 41.4 Å². The topological polar surface area (TPSA) is 84.7 Å². The lowest BCUT2D eigenvalue weighted by Gasteiger charge is -2.19. The van der Waals surface area contributed by atoms with Crippen molar-refractivity contribution in [1.29, 1.82) is 0 Å². The van der Waals surface area contributed by atoms with Gasteiger partial charge in [-0.1, -0.05) is 0 Å². The average molecular weight is 323 g/mol. The lowest BCUT2D eigenvalue weighted by Crippen LogP contribution is -2.35. The molecule has 128 valence electrons. The first-order valence-electron chi connectivity index (χ1n) is 8.03. The largest absolute Gasteiger partial charge is 0.445 e. The van der Waals surface area contributed by atoms with E-state index in [9.17, 15) is 9.59 Å². The maximum atomic E-state index is 12.6. The van der Waals surface area contributed by atoms with Gasteiger partial charge in [-0.3, -0.25) is 9.59 Å². The van der Waals surface area contributed by atoms with Crippen molar-refractivity contribution >= 4 is 11.8 Å². The fraction of sp³-hybridized carbons (Fsp3) is 0.688. The van der Waals surface area contributed by atoms with Crippen molar-refractivity contribution < 1.29 is 18.7 Å². The fourth-order valence-corrected chi connectivity index (χ4v) is 2.86. The molecule has 0 aliphatic carbocycles. The van der Waals surface area contributed by atoms with Gasteiger partial charge in [-0.2, -0.15) is 0 Å². The minimum Gasteiger partial charge on any atom is -0.445 e. The van der Waals surface area contributed by atoms with Gasteiger partial charge < -0.3 is 19.4 Å². The number of likely N-dealkylation sites (tertiary alicyclic amines) is 1. The van der Waals surface area contributed by atoms with Crippen LogP contribution in [0, 0.1) is 19.8 Å². The van der Waals surface area contributed by atoms with Crippen LogP contribution in [0.5, 0.6) is 0 Å². The molecule has 23 heavy (non-hydrogen) atoms. The maximum Gasteiger partial charge on any atom is 0.276 e. The molecular formula is C16H25N3O4. The van der Waals surface area contributed by atoms with Crippen LogP contribution >= 0.6 is 0 Å². The van der Waals surface area contributed by atoms with E-state index in [0.29, 0.717) is 50.0 Å². The quantitative estimate of drug-likeness (QED) is 0.826. The molecule has 7 nitrogen and oxygen atoms in total. The van der Waals surface area contributed by atoms with Gasteiger partial charge in [0.25, 0.3) is 5.91 Å². The number of rotatable bonds is 5. The highest BCUT2D eigenvalue weighted by atomic mass is 16.5. The van der Waals surface area contributed by atoms with Crippen molar-refractivity contribution in [3.63, 3.8) is 0 Å². The summed E-state index contributed by atoms with van der Waals surface area (Å²) >= 11 is 0. The standard InChI is InChI=1S/C16H25N3O4/c1-11-14(18-12(2)23-11)16(21)19-8-4-5-13(6-9-19)15(20)17-7-10-22-3/h13H,4-10H2,1-3H3,(H,17,20). The number of amides is 2. The molecule has 1 aromatic rings. The summed E-state index contributed by atoms with van der Waals surface area (Å²) < 4.78 is 10.3. The highest BCUT2D eigenvalue weighted by molar-refractivity contribution is 5.93. The number of hydrogen-bond donors (Lipinski definition) is 1. The zero-order valence-electron chi connectivity index (χ0n) is 14.1. The second-order valence-electron chi connectivity index (χ2n) is 5.84. The van der Waals surface area contributed by atoms with Crippen LogP contribution in [0.25, 0.3) is 0 Å². The predicted octanol–water partition coefficient (Wildman–Crippen LogP) is 1.30. The number of oxazole rings is 1. The van der Waals surface area contributed by atoms with Crippen LogP contribution in [0.2, 0.25) is 0 Å². The van der Waals surface area contributed by atoms with Gasteiger partial charge in [-0.25, -0.2) is 4.98 Å². The van der Waals surface area contributed by atoms with Crippen LogP contribution in [0.4, 0.5) is 0 Å². The first kappa shape index (κ1) is 17.5. The number of carbonyl (C=O) groups excluding carboxylic acids is 2. The number of aryl methyl sites for hydroxylation is 2. The third-order valence-electron chi connectivity index (χ3n) is 4.10. The number of nitrogens with one attached hydrogen (secondary N) is 1. The molecule has 1 aromatic heterocycles. The molecule has 2 heterocycles. The first-order valence-corrected chi connectivity index (χ1v) is 8.03. The minimum atomic E-state index is -0.111. The zero-order chi connectivity index (χ0) is 16.8. The number of methoxy groups -OCH3 is 1. The van der Waals surface area contributed by atoms with Gasteiger partial charge in [0.2, 0.25) is 5.91 Å². The Hall–Kier alpha value is -1.89. The second-order valence-corrected chi connectivity index (χ2v) is 5.84. The zero-order valence-corrected chi connectivity index (χ0v) is 14.1. The van der Waals surface area contributed by atoms with Gasteiger partial charge in [0, 0.05) is 39.6 Å². The van der Waals surface area contributed by atoms with Gasteiger partial charge in [0.05, 0.1) is 6.61 Å². The minimum absolute atomic E-state index is 0.0461. The lowest BCUT2D eigenvalue weighted by atomic mass is 10.00. The van der Waals surface area contributed by atoms with Gasteiger partial charge in [0.15, 0.2) is 11.6 Å². The summed E-state index contributed by atoms with van der Waals surface area (Å²) in [6.07, 6.45) is 2.27. The molecular weight excluding hydrogens is 298 g/mol. The lowest BCUT2D eigenvalue weighted by molar-refractivity contribution is -0.125. The van der Waals surface area contributed by atoms with Gasteiger partial charge in [-0.05, 0) is 26.2 Å². The molecule has 2 amide bonds. The number of hydrogen-bond acceptors (Lipinski definition) is 5. The molecule has 1 fully saturated rings. The van der Waals surface area contributed by atoms with E-state index in [4.69, 9.17) is 9.15 Å². The smallest absolute Gasteiger partial charge is 0.276 e. The van der Waals surface area contributed by atoms with E-state index in [1.165, 1.54) is 0 Å². The number of nitrogens with zero attached hydrogens (tertiary/aromatic N) is 2. The molecule has 7 heteroatoms. The molecule has 0 saturated carbocycles. The summed E-state index contributed by atoms with van der Waals surface area (Å²) in [4.78, 5) is 30.6. The summed E-state index contributed by atoms with van der Waals surface area (Å²) in [5.41, 5.74) is 0.380. The Morgan fingerprint density at radius 3 is 2.78 bits per heavy atom. The summed E-state index contributed by atoms with van der Waals surface area (Å²) in [7, 11) is 1.61. The molecule has 1 saturated heterocycles. The monoisotopic (exact) mass is 323 g/mol. The second kappa shape index (κ2) is 8.10. The summed E-state index contributed by atoms with van der Waals surface area (Å²) in [6, 6.07) is 0. The third kappa shape index (κ3) is 4.54. The molecule has 2 rings (SSSR count). The van der Waals surface area contributed by atoms with E-state index in [1.807, 2.05) is 0 Å². The van der Waals surface area contributed by atoms with Gasteiger partial charge >= 0.3 is 0 Å². The van der Waals surface area contributed by atoms with E-state index in [1.54, 1.807) is 25.9 Å². The van der Waals surface area contributed by atoms with Crippen molar-refractivity contribution in [3.8, 4) is 0 Å². The van der Waals surface area contributed by atoms with Crippen molar-refractivity contribution in [1.82, 2.24) is 15.2 Å². The fourth-order valence-electron chi connectivity index (χ4n) is 2.86. The summed E-state index contributed by atoms with van der Waals surface area (Å²) in [6.45, 7) is 5.71. The highest BCUT2D eigenvalue weighted by Crippen LogP contribution is 2.20. The molecule has 1 unspecified atom stereocenters. The molecule has 1 aliphatic heterocycles.